The molecular weight excluding hydrogens is 237 g/mol. The minimum Gasteiger partial charge on any atom is -0.342 e. The van der Waals surface area contributed by atoms with Crippen LogP contribution >= 0.6 is 12.6 Å². The van der Waals surface area contributed by atoms with Gasteiger partial charge in [-0.25, -0.2) is 4.39 Å². The Kier molecular flexibility index (Phi) is 4.05. The van der Waals surface area contributed by atoms with Crippen molar-refractivity contribution in [2.45, 2.75) is 12.8 Å². The van der Waals surface area contributed by atoms with Crippen LogP contribution in [0, 0.1) is 11.7 Å². The van der Waals surface area contributed by atoms with Gasteiger partial charge in [-0.2, -0.15) is 12.6 Å². The van der Waals surface area contributed by atoms with Crippen LogP contribution in [0.5, 0.6) is 0 Å². The van der Waals surface area contributed by atoms with Gasteiger partial charge in [0.25, 0.3) is 0 Å². The van der Waals surface area contributed by atoms with Crippen molar-refractivity contribution >= 4 is 18.5 Å². The zero-order chi connectivity index (χ0) is 12.3. The number of benzene rings is 1. The van der Waals surface area contributed by atoms with Crippen molar-refractivity contribution in [2.24, 2.45) is 5.92 Å². The molecule has 1 unspecified atom stereocenters. The Hall–Kier alpha value is -1.03. The van der Waals surface area contributed by atoms with Gasteiger partial charge in [0.05, 0.1) is 0 Å². The summed E-state index contributed by atoms with van der Waals surface area (Å²) >= 11 is 4.21. The molecule has 2 nitrogen and oxygen atoms in total. The summed E-state index contributed by atoms with van der Waals surface area (Å²) < 4.78 is 13.4. The third-order valence-corrected chi connectivity index (χ3v) is 3.68. The largest absolute Gasteiger partial charge is 0.342 e. The van der Waals surface area contributed by atoms with Crippen molar-refractivity contribution in [1.82, 2.24) is 4.90 Å². The number of halogens is 1. The predicted molar refractivity (Wildman–Crippen MR) is 68.6 cm³/mol. The average molecular weight is 253 g/mol. The number of nitrogens with zero attached hydrogens (tertiary/aromatic N) is 1. The molecule has 1 saturated heterocycles. The minimum atomic E-state index is -0.190. The number of hydrogen-bond acceptors (Lipinski definition) is 2. The van der Waals surface area contributed by atoms with Gasteiger partial charge in [-0.1, -0.05) is 18.2 Å². The SMILES string of the molecule is O=C1CC(CS)CN1CCc1ccccc1F. The van der Waals surface area contributed by atoms with Crippen molar-refractivity contribution in [3.63, 3.8) is 0 Å². The molecule has 0 spiro atoms. The molecule has 0 aliphatic carbocycles. The second-order valence-electron chi connectivity index (χ2n) is 4.43. The smallest absolute Gasteiger partial charge is 0.222 e. The van der Waals surface area contributed by atoms with Crippen LogP contribution in [0.25, 0.3) is 0 Å². The van der Waals surface area contributed by atoms with Crippen molar-refractivity contribution in [3.8, 4) is 0 Å². The fraction of sp³-hybridized carbons (Fsp3) is 0.462. The first-order valence-corrected chi connectivity index (χ1v) is 6.46. The Morgan fingerprint density at radius 3 is 2.82 bits per heavy atom. The van der Waals surface area contributed by atoms with E-state index in [2.05, 4.69) is 12.6 Å². The number of carbonyl (C=O) groups is 1. The molecule has 1 aromatic carbocycles. The highest BCUT2D eigenvalue weighted by Crippen LogP contribution is 2.19. The molecule has 0 aromatic heterocycles. The standard InChI is InChI=1S/C13H16FNOS/c14-12-4-2-1-3-11(12)5-6-15-8-10(9-17)7-13(15)16/h1-4,10,17H,5-9H2. The zero-order valence-electron chi connectivity index (χ0n) is 9.60. The Bertz CT molecular complexity index is 410. The van der Waals surface area contributed by atoms with E-state index in [-0.39, 0.29) is 11.7 Å². The number of rotatable bonds is 4. The van der Waals surface area contributed by atoms with E-state index in [1.807, 2.05) is 11.0 Å². The lowest BCUT2D eigenvalue weighted by atomic mass is 10.1. The van der Waals surface area contributed by atoms with E-state index >= 15 is 0 Å². The summed E-state index contributed by atoms with van der Waals surface area (Å²) in [6.45, 7) is 1.36. The number of likely N-dealkylation sites (tertiary alicyclic amines) is 1. The average Bonchev–Trinajstić information content (AvgIpc) is 2.69. The van der Waals surface area contributed by atoms with E-state index in [1.165, 1.54) is 6.07 Å². The van der Waals surface area contributed by atoms with E-state index < -0.39 is 0 Å². The van der Waals surface area contributed by atoms with Crippen molar-refractivity contribution in [1.29, 1.82) is 0 Å². The normalized spacial score (nSPS) is 20.0. The molecular formula is C13H16FNOS. The van der Waals surface area contributed by atoms with Gasteiger partial charge in [-0.3, -0.25) is 4.79 Å². The predicted octanol–water partition coefficient (Wildman–Crippen LogP) is 2.15. The summed E-state index contributed by atoms with van der Waals surface area (Å²) in [5, 5.41) is 0. The number of amides is 1. The van der Waals surface area contributed by atoms with E-state index in [0.717, 1.165) is 12.3 Å². The second-order valence-corrected chi connectivity index (χ2v) is 4.80. The van der Waals surface area contributed by atoms with Crippen LogP contribution in [-0.2, 0) is 11.2 Å². The van der Waals surface area contributed by atoms with Gasteiger partial charge < -0.3 is 4.90 Å². The van der Waals surface area contributed by atoms with Crippen LogP contribution in [0.4, 0.5) is 4.39 Å². The fourth-order valence-electron chi connectivity index (χ4n) is 2.15. The molecule has 1 aliphatic heterocycles. The van der Waals surface area contributed by atoms with Crippen LogP contribution in [0.1, 0.15) is 12.0 Å². The highest BCUT2D eigenvalue weighted by atomic mass is 32.1. The maximum Gasteiger partial charge on any atom is 0.222 e. The molecule has 0 bridgehead atoms. The van der Waals surface area contributed by atoms with E-state index in [9.17, 15) is 9.18 Å². The third-order valence-electron chi connectivity index (χ3n) is 3.16. The monoisotopic (exact) mass is 253 g/mol. The molecule has 1 heterocycles. The lowest BCUT2D eigenvalue weighted by molar-refractivity contribution is -0.127. The van der Waals surface area contributed by atoms with Gasteiger partial charge in [0.2, 0.25) is 5.91 Å². The molecule has 1 aliphatic rings. The van der Waals surface area contributed by atoms with E-state index in [0.29, 0.717) is 30.9 Å². The Morgan fingerprint density at radius 2 is 2.18 bits per heavy atom. The van der Waals surface area contributed by atoms with Crippen LogP contribution in [0.2, 0.25) is 0 Å². The molecule has 1 aromatic rings. The third kappa shape index (κ3) is 3.00. The molecule has 1 amide bonds. The number of hydrogen-bond donors (Lipinski definition) is 1. The molecule has 4 heteroatoms. The lowest BCUT2D eigenvalue weighted by Crippen LogP contribution is -2.27. The molecule has 0 N–H and O–H groups in total. The molecule has 17 heavy (non-hydrogen) atoms. The van der Waals surface area contributed by atoms with Gasteiger partial charge in [-0.15, -0.1) is 0 Å². The second kappa shape index (κ2) is 5.54. The van der Waals surface area contributed by atoms with Crippen LogP contribution in [0.15, 0.2) is 24.3 Å². The van der Waals surface area contributed by atoms with Crippen LogP contribution < -0.4 is 0 Å². The molecule has 2 rings (SSSR count). The molecule has 92 valence electrons. The van der Waals surface area contributed by atoms with Crippen LogP contribution in [0.3, 0.4) is 0 Å². The maximum atomic E-state index is 13.4. The Balaban J connectivity index is 1.91. The van der Waals surface area contributed by atoms with Crippen molar-refractivity contribution < 1.29 is 9.18 Å². The minimum absolute atomic E-state index is 0.167. The summed E-state index contributed by atoms with van der Waals surface area (Å²) in [5.41, 5.74) is 0.676. The highest BCUT2D eigenvalue weighted by molar-refractivity contribution is 7.80. The molecule has 1 fully saturated rings. The van der Waals surface area contributed by atoms with E-state index in [1.54, 1.807) is 12.1 Å². The summed E-state index contributed by atoms with van der Waals surface area (Å²) in [4.78, 5) is 13.5. The van der Waals surface area contributed by atoms with Gasteiger partial charge in [0, 0.05) is 19.5 Å². The lowest BCUT2D eigenvalue weighted by Gasteiger charge is -2.16. The van der Waals surface area contributed by atoms with Crippen molar-refractivity contribution in [2.75, 3.05) is 18.8 Å². The van der Waals surface area contributed by atoms with Crippen molar-refractivity contribution in [3.05, 3.63) is 35.6 Å². The summed E-state index contributed by atoms with van der Waals surface area (Å²) in [6.07, 6.45) is 1.17. The summed E-state index contributed by atoms with van der Waals surface area (Å²) in [6, 6.07) is 6.72. The van der Waals surface area contributed by atoms with Crippen LogP contribution in [-0.4, -0.2) is 29.6 Å². The first-order chi connectivity index (χ1) is 8.20. The first kappa shape index (κ1) is 12.4. The maximum absolute atomic E-state index is 13.4. The topological polar surface area (TPSA) is 20.3 Å². The Labute approximate surface area is 106 Å². The Morgan fingerprint density at radius 1 is 1.41 bits per heavy atom. The molecule has 0 saturated carbocycles. The summed E-state index contributed by atoms with van der Waals surface area (Å²) in [7, 11) is 0. The molecule has 0 radical (unpaired) electrons. The number of thiol groups is 1. The number of carbonyl (C=O) groups excluding carboxylic acids is 1. The van der Waals surface area contributed by atoms with E-state index in [4.69, 9.17) is 0 Å². The van der Waals surface area contributed by atoms with Gasteiger partial charge in [-0.05, 0) is 29.7 Å². The quantitative estimate of drug-likeness (QED) is 0.815. The van der Waals surface area contributed by atoms with Gasteiger partial charge >= 0.3 is 0 Å². The van der Waals surface area contributed by atoms with Gasteiger partial charge in [0.15, 0.2) is 0 Å². The summed E-state index contributed by atoms with van der Waals surface area (Å²) in [5.74, 6) is 1.07. The van der Waals surface area contributed by atoms with Gasteiger partial charge in [0.1, 0.15) is 5.82 Å². The molecule has 1 atom stereocenters. The first-order valence-electron chi connectivity index (χ1n) is 5.82. The fourth-order valence-corrected chi connectivity index (χ4v) is 2.39. The highest BCUT2D eigenvalue weighted by Gasteiger charge is 2.28. The zero-order valence-corrected chi connectivity index (χ0v) is 10.5.